The van der Waals surface area contributed by atoms with Crippen molar-refractivity contribution in [2.75, 3.05) is 5.32 Å². The lowest BCUT2D eigenvalue weighted by molar-refractivity contribution is 0.309. The van der Waals surface area contributed by atoms with E-state index in [9.17, 15) is 0 Å². The van der Waals surface area contributed by atoms with E-state index in [-0.39, 0.29) is 5.54 Å². The van der Waals surface area contributed by atoms with Crippen LogP contribution in [-0.4, -0.2) is 20.2 Å². The first-order valence-electron chi connectivity index (χ1n) is 9.48. The molecule has 1 N–H and O–H groups in total. The van der Waals surface area contributed by atoms with E-state index in [1.54, 1.807) is 0 Å². The van der Waals surface area contributed by atoms with Crippen LogP contribution >= 0.6 is 15.9 Å². The van der Waals surface area contributed by atoms with Gasteiger partial charge in [-0.1, -0.05) is 53.4 Å². The number of tetrazole rings is 1. The number of halogens is 1. The first-order valence-corrected chi connectivity index (χ1v) is 10.3. The Morgan fingerprint density at radius 2 is 1.63 bits per heavy atom. The van der Waals surface area contributed by atoms with Gasteiger partial charge in [-0.15, -0.1) is 5.10 Å². The third kappa shape index (κ3) is 3.50. The van der Waals surface area contributed by atoms with Crippen LogP contribution in [0.25, 0.3) is 5.69 Å². The molecule has 3 aromatic rings. The monoisotopic (exact) mass is 425 g/mol. The molecule has 0 amide bonds. The summed E-state index contributed by atoms with van der Waals surface area (Å²) in [6.45, 7) is 4.23. The molecule has 0 saturated heterocycles. The van der Waals surface area contributed by atoms with E-state index in [2.05, 4.69) is 93.1 Å². The zero-order chi connectivity index (χ0) is 18.9. The molecule has 1 fully saturated rings. The molecule has 4 rings (SSSR count). The Morgan fingerprint density at radius 3 is 2.30 bits per heavy atom. The minimum atomic E-state index is -0.260. The van der Waals surface area contributed by atoms with Crippen molar-refractivity contribution in [2.24, 2.45) is 0 Å². The highest BCUT2D eigenvalue weighted by Crippen LogP contribution is 2.40. The van der Waals surface area contributed by atoms with Crippen molar-refractivity contribution in [3.63, 3.8) is 0 Å². The number of hydrogen-bond acceptors (Lipinski definition) is 4. The van der Waals surface area contributed by atoms with Gasteiger partial charge < -0.3 is 5.32 Å². The van der Waals surface area contributed by atoms with E-state index in [1.807, 2.05) is 4.68 Å². The molecule has 0 atom stereocenters. The van der Waals surface area contributed by atoms with Crippen molar-refractivity contribution in [1.82, 2.24) is 20.2 Å². The van der Waals surface area contributed by atoms with Crippen molar-refractivity contribution in [1.29, 1.82) is 0 Å². The van der Waals surface area contributed by atoms with Gasteiger partial charge in [0, 0.05) is 10.2 Å². The SMILES string of the molecule is Cc1cccc(C)c1-n1nnnc1C1(Nc2ccc(Br)cc2)CCCCC1. The number of benzene rings is 2. The third-order valence-electron chi connectivity index (χ3n) is 5.48. The maximum Gasteiger partial charge on any atom is 0.181 e. The van der Waals surface area contributed by atoms with Gasteiger partial charge in [0.1, 0.15) is 0 Å². The van der Waals surface area contributed by atoms with Gasteiger partial charge in [-0.25, -0.2) is 0 Å². The zero-order valence-electron chi connectivity index (χ0n) is 15.7. The summed E-state index contributed by atoms with van der Waals surface area (Å²) in [6, 6.07) is 14.6. The van der Waals surface area contributed by atoms with Crippen LogP contribution < -0.4 is 5.32 Å². The molecular weight excluding hydrogens is 402 g/mol. The maximum atomic E-state index is 4.51. The zero-order valence-corrected chi connectivity index (χ0v) is 17.3. The number of nitrogens with one attached hydrogen (secondary N) is 1. The van der Waals surface area contributed by atoms with Gasteiger partial charge in [0.15, 0.2) is 5.82 Å². The summed E-state index contributed by atoms with van der Waals surface area (Å²) in [7, 11) is 0. The lowest BCUT2D eigenvalue weighted by Gasteiger charge is -2.38. The van der Waals surface area contributed by atoms with E-state index in [0.29, 0.717) is 0 Å². The van der Waals surface area contributed by atoms with E-state index in [4.69, 9.17) is 0 Å². The van der Waals surface area contributed by atoms with Crippen LogP contribution in [0.5, 0.6) is 0 Å². The van der Waals surface area contributed by atoms with Crippen LogP contribution in [0, 0.1) is 13.8 Å². The standard InChI is InChI=1S/C21H24BrN5/c1-15-7-6-8-16(2)19(15)27-20(24-25-26-27)21(13-4-3-5-14-21)23-18-11-9-17(22)10-12-18/h6-12,23H,3-5,13-14H2,1-2H3. The van der Waals surface area contributed by atoms with Crippen LogP contribution in [0.1, 0.15) is 49.1 Å². The minimum Gasteiger partial charge on any atom is -0.373 e. The predicted octanol–water partition coefficient (Wildman–Crippen LogP) is 5.31. The van der Waals surface area contributed by atoms with Gasteiger partial charge in [-0.3, -0.25) is 0 Å². The summed E-state index contributed by atoms with van der Waals surface area (Å²) in [4.78, 5) is 0. The quantitative estimate of drug-likeness (QED) is 0.614. The summed E-state index contributed by atoms with van der Waals surface area (Å²) in [6.07, 6.45) is 5.64. The van der Waals surface area contributed by atoms with E-state index in [1.165, 1.54) is 30.4 Å². The average Bonchev–Trinajstić information content (AvgIpc) is 3.14. The molecule has 0 radical (unpaired) electrons. The Balaban J connectivity index is 1.81. The first kappa shape index (κ1) is 18.2. The van der Waals surface area contributed by atoms with Crippen molar-refractivity contribution in [3.05, 3.63) is 63.9 Å². The Labute approximate surface area is 168 Å². The maximum absolute atomic E-state index is 4.51. The number of anilines is 1. The topological polar surface area (TPSA) is 55.6 Å². The number of para-hydroxylation sites is 1. The van der Waals surface area contributed by atoms with Crippen molar-refractivity contribution in [2.45, 2.75) is 51.5 Å². The Bertz CT molecular complexity index is 906. The summed E-state index contributed by atoms with van der Waals surface area (Å²) in [5, 5.41) is 16.8. The lowest BCUT2D eigenvalue weighted by atomic mass is 9.80. The van der Waals surface area contributed by atoms with Gasteiger partial charge in [0.2, 0.25) is 0 Å². The second-order valence-electron chi connectivity index (χ2n) is 7.43. The summed E-state index contributed by atoms with van der Waals surface area (Å²) < 4.78 is 3.02. The van der Waals surface area contributed by atoms with Crippen LogP contribution in [0.3, 0.4) is 0 Å². The van der Waals surface area contributed by atoms with Gasteiger partial charge in [-0.05, 0) is 72.5 Å². The molecule has 1 heterocycles. The Morgan fingerprint density at radius 1 is 0.963 bits per heavy atom. The van der Waals surface area contributed by atoms with Gasteiger partial charge >= 0.3 is 0 Å². The normalized spacial score (nSPS) is 16.3. The molecule has 2 aromatic carbocycles. The summed E-state index contributed by atoms with van der Waals surface area (Å²) in [5.74, 6) is 0.905. The second-order valence-corrected chi connectivity index (χ2v) is 8.35. The molecule has 0 unspecified atom stereocenters. The number of hydrogen-bond donors (Lipinski definition) is 1. The van der Waals surface area contributed by atoms with Gasteiger partial charge in [0.05, 0.1) is 11.2 Å². The molecule has 1 aliphatic carbocycles. The third-order valence-corrected chi connectivity index (χ3v) is 6.01. The highest BCUT2D eigenvalue weighted by Gasteiger charge is 2.39. The predicted molar refractivity (Wildman–Crippen MR) is 111 cm³/mol. The van der Waals surface area contributed by atoms with Crippen molar-refractivity contribution in [3.8, 4) is 5.69 Å². The highest BCUT2D eigenvalue weighted by molar-refractivity contribution is 9.10. The molecule has 27 heavy (non-hydrogen) atoms. The molecule has 1 saturated carbocycles. The molecule has 0 bridgehead atoms. The van der Waals surface area contributed by atoms with Crippen LogP contribution in [0.15, 0.2) is 46.9 Å². The molecule has 140 valence electrons. The first-order chi connectivity index (χ1) is 13.1. The van der Waals surface area contributed by atoms with Gasteiger partial charge in [-0.2, -0.15) is 4.68 Å². The van der Waals surface area contributed by atoms with E-state index < -0.39 is 0 Å². The second kappa shape index (κ2) is 7.43. The molecule has 6 heteroatoms. The van der Waals surface area contributed by atoms with E-state index in [0.717, 1.165) is 34.5 Å². The van der Waals surface area contributed by atoms with Gasteiger partial charge in [0.25, 0.3) is 0 Å². The van der Waals surface area contributed by atoms with Crippen molar-refractivity contribution < 1.29 is 0 Å². The lowest BCUT2D eigenvalue weighted by Crippen LogP contribution is -2.40. The van der Waals surface area contributed by atoms with E-state index >= 15 is 0 Å². The van der Waals surface area contributed by atoms with Crippen molar-refractivity contribution >= 4 is 21.6 Å². The van der Waals surface area contributed by atoms with Crippen LogP contribution in [0.2, 0.25) is 0 Å². The molecular formula is C21H24BrN5. The number of aryl methyl sites for hydroxylation is 2. The fraction of sp³-hybridized carbons (Fsp3) is 0.381. The molecule has 1 aliphatic rings. The molecule has 5 nitrogen and oxygen atoms in total. The summed E-state index contributed by atoms with van der Waals surface area (Å²) >= 11 is 3.52. The number of rotatable bonds is 4. The largest absolute Gasteiger partial charge is 0.373 e. The number of aromatic nitrogens is 4. The molecule has 1 aromatic heterocycles. The Hall–Kier alpha value is -2.21. The average molecular weight is 426 g/mol. The molecule has 0 spiro atoms. The minimum absolute atomic E-state index is 0.260. The summed E-state index contributed by atoms with van der Waals surface area (Å²) in [5.41, 5.74) is 4.28. The van der Waals surface area contributed by atoms with Crippen LogP contribution in [-0.2, 0) is 5.54 Å². The number of nitrogens with zero attached hydrogens (tertiary/aromatic N) is 4. The van der Waals surface area contributed by atoms with Crippen LogP contribution in [0.4, 0.5) is 5.69 Å². The molecule has 0 aliphatic heterocycles. The smallest absolute Gasteiger partial charge is 0.181 e. The fourth-order valence-corrected chi connectivity index (χ4v) is 4.41. The fourth-order valence-electron chi connectivity index (χ4n) is 4.15. The Kier molecular flexibility index (Phi) is 5.00. The highest BCUT2D eigenvalue weighted by atomic mass is 79.9.